The summed E-state index contributed by atoms with van der Waals surface area (Å²) in [5.74, 6) is 3.38. The number of nitrogens with zero attached hydrogens (tertiary/aromatic N) is 3. The van der Waals surface area contributed by atoms with Crippen molar-refractivity contribution in [2.45, 2.75) is 106 Å². The number of halogens is 2. The molecule has 14 heteroatoms. The zero-order valence-electron chi connectivity index (χ0n) is 41.7. The van der Waals surface area contributed by atoms with Crippen molar-refractivity contribution >= 4 is 68.5 Å². The second-order valence-electron chi connectivity index (χ2n) is 19.5. The van der Waals surface area contributed by atoms with Gasteiger partial charge in [0.25, 0.3) is 0 Å². The Morgan fingerprint density at radius 1 is 0.662 bits per heavy atom. The van der Waals surface area contributed by atoms with E-state index < -0.39 is 18.3 Å². The number of hydrogen-bond donors (Lipinski definition) is 5. The summed E-state index contributed by atoms with van der Waals surface area (Å²) in [5.41, 5.74) is 5.11. The number of methoxy groups -OCH3 is 2. The molecule has 4 aromatic carbocycles. The molecule has 2 aromatic heterocycles. The average molecular weight is 1040 g/mol. The van der Waals surface area contributed by atoms with Crippen molar-refractivity contribution < 1.29 is 29.9 Å². The van der Waals surface area contributed by atoms with E-state index in [1.807, 2.05) is 48.2 Å². The number of hydrogen-bond acceptors (Lipinski definition) is 12. The van der Waals surface area contributed by atoms with Crippen LogP contribution in [0.5, 0.6) is 11.5 Å². The van der Waals surface area contributed by atoms with Crippen LogP contribution in [0.2, 0.25) is 10.0 Å². The van der Waals surface area contributed by atoms with Gasteiger partial charge < -0.3 is 40.1 Å². The Hall–Kier alpha value is -3.66. The van der Waals surface area contributed by atoms with E-state index in [1.165, 1.54) is 20.9 Å². The first-order valence-electron chi connectivity index (χ1n) is 25.1. The molecule has 2 aliphatic rings. The molecule has 0 aliphatic carbocycles. The summed E-state index contributed by atoms with van der Waals surface area (Å²) in [4.78, 5) is 13.9. The van der Waals surface area contributed by atoms with Crippen LogP contribution in [0, 0.1) is 24.7 Å². The fourth-order valence-electron chi connectivity index (χ4n) is 10.2. The first kappa shape index (κ1) is 55.1. The van der Waals surface area contributed by atoms with Gasteiger partial charge in [-0.25, -0.2) is 0 Å². The number of piperidine rings is 2. The van der Waals surface area contributed by atoms with Crippen molar-refractivity contribution in [3.8, 4) is 11.5 Å². The Balaban J connectivity index is 0.000000209. The molecule has 5 N–H and O–H groups in total. The fraction of sp³-hybridized carbons (Fsp3) is 0.474. The van der Waals surface area contributed by atoms with Crippen LogP contribution in [0.3, 0.4) is 0 Å². The molecule has 0 saturated carbocycles. The SMILES string of the molecule is COc1ccc2ncc(Cl)c([C@H](O)CCC3(CO)CCN(CCCSc4ccc(C)cc4)CC3)c2c1.COc1ccc2ncc(Cl)c([C@H](O)CCC3([C@@H](O)CCSc4ccc(C)cc4)CCNCC3)c2c1. The minimum atomic E-state index is -0.749. The third kappa shape index (κ3) is 14.8. The number of likely N-dealkylation sites (tertiary alicyclic amines) is 1. The van der Waals surface area contributed by atoms with Gasteiger partial charge in [-0.05, 0) is 188 Å². The molecule has 0 amide bonds. The van der Waals surface area contributed by atoms with Gasteiger partial charge in [0.2, 0.25) is 0 Å². The van der Waals surface area contributed by atoms with Crippen LogP contribution in [0.1, 0.15) is 98.7 Å². The zero-order chi connectivity index (χ0) is 50.4. The highest BCUT2D eigenvalue weighted by atomic mass is 35.5. The number of rotatable bonds is 21. The Kier molecular flexibility index (Phi) is 20.6. The van der Waals surface area contributed by atoms with E-state index in [-0.39, 0.29) is 17.4 Å². The number of thioether (sulfide) groups is 2. The number of ether oxygens (including phenoxy) is 2. The number of fused-ring (bicyclic) bond motifs is 2. The molecule has 0 bridgehead atoms. The van der Waals surface area contributed by atoms with Crippen LogP contribution in [-0.4, -0.2) is 106 Å². The van der Waals surface area contributed by atoms with Crippen LogP contribution >= 0.6 is 46.7 Å². The topological polar surface area (TPSA) is 140 Å². The number of aliphatic hydroxyl groups is 4. The van der Waals surface area contributed by atoms with Crippen LogP contribution in [-0.2, 0) is 0 Å². The second-order valence-corrected chi connectivity index (χ2v) is 22.7. The Morgan fingerprint density at radius 2 is 1.15 bits per heavy atom. The van der Waals surface area contributed by atoms with Crippen LogP contribution in [0.25, 0.3) is 21.8 Å². The predicted molar refractivity (Wildman–Crippen MR) is 294 cm³/mol. The highest BCUT2D eigenvalue weighted by Gasteiger charge is 2.39. The van der Waals surface area contributed by atoms with E-state index >= 15 is 0 Å². The molecular weight excluding hydrogens is 972 g/mol. The standard InChI is InChI=1S/C29H37ClN2O3S.C28H35ClN2O3S/c1-21-4-7-23(8-5-21)36-17-3-14-32-15-12-29(20-33,13-16-32)11-10-27(34)28-24-18-22(35-2)6-9-26(24)31-19-25(28)30;1-19-3-6-21(7-4-19)35-16-10-26(33)28(12-14-30-15-13-28)11-9-25(32)27-22-17-20(34-2)5-8-24(22)31-18-23(27)29/h4-9,18-19,27,33-34H,3,10-17,20H2,1-2H3;3-8,17-18,25-26,30,32-33H,9-16H2,1-2H3/t27-;25-,26+/m11/s1. The lowest BCUT2D eigenvalue weighted by atomic mass is 9.69. The molecule has 2 saturated heterocycles. The fourth-order valence-corrected chi connectivity index (χ4v) is 12.5. The molecule has 2 aliphatic heterocycles. The minimum Gasteiger partial charge on any atom is -0.497 e. The third-order valence-electron chi connectivity index (χ3n) is 14.8. The monoisotopic (exact) mass is 1040 g/mol. The van der Waals surface area contributed by atoms with Gasteiger partial charge in [0.1, 0.15) is 11.5 Å². The molecule has 6 aromatic rings. The Morgan fingerprint density at radius 3 is 1.65 bits per heavy atom. The summed E-state index contributed by atoms with van der Waals surface area (Å²) in [6.45, 7) is 9.18. The van der Waals surface area contributed by atoms with Crippen molar-refractivity contribution in [3.63, 3.8) is 0 Å². The molecule has 0 spiro atoms. The first-order chi connectivity index (χ1) is 34.3. The van der Waals surface area contributed by atoms with Gasteiger partial charge in [-0.15, -0.1) is 23.5 Å². The Labute approximate surface area is 439 Å². The van der Waals surface area contributed by atoms with E-state index in [2.05, 4.69) is 82.6 Å². The molecule has 382 valence electrons. The van der Waals surface area contributed by atoms with Crippen molar-refractivity contribution in [2.75, 3.05) is 65.1 Å². The van der Waals surface area contributed by atoms with Crippen molar-refractivity contribution in [1.29, 1.82) is 0 Å². The van der Waals surface area contributed by atoms with Crippen molar-refractivity contribution in [3.05, 3.63) is 130 Å². The van der Waals surface area contributed by atoms with Crippen LogP contribution < -0.4 is 14.8 Å². The van der Waals surface area contributed by atoms with Crippen LogP contribution in [0.15, 0.2) is 107 Å². The third-order valence-corrected chi connectivity index (χ3v) is 17.6. The summed E-state index contributed by atoms with van der Waals surface area (Å²) in [6, 6.07) is 28.5. The van der Waals surface area contributed by atoms with E-state index in [9.17, 15) is 20.4 Å². The molecule has 3 atom stereocenters. The quantitative estimate of drug-likeness (QED) is 0.0346. The van der Waals surface area contributed by atoms with Gasteiger partial charge in [0, 0.05) is 56.4 Å². The molecule has 10 nitrogen and oxygen atoms in total. The number of aromatic nitrogens is 2. The van der Waals surface area contributed by atoms with Crippen molar-refractivity contribution in [2.24, 2.45) is 10.8 Å². The smallest absolute Gasteiger partial charge is 0.119 e. The summed E-state index contributed by atoms with van der Waals surface area (Å²) < 4.78 is 10.7. The summed E-state index contributed by atoms with van der Waals surface area (Å²) >= 11 is 16.7. The molecule has 71 heavy (non-hydrogen) atoms. The van der Waals surface area contributed by atoms with Crippen molar-refractivity contribution in [1.82, 2.24) is 20.2 Å². The number of aryl methyl sites for hydroxylation is 2. The zero-order valence-corrected chi connectivity index (χ0v) is 44.9. The average Bonchev–Trinajstić information content (AvgIpc) is 3.40. The molecule has 4 heterocycles. The van der Waals surface area contributed by atoms with E-state index in [0.29, 0.717) is 45.5 Å². The van der Waals surface area contributed by atoms with E-state index in [1.54, 1.807) is 38.4 Å². The predicted octanol–water partition coefficient (Wildman–Crippen LogP) is 12.2. The van der Waals surface area contributed by atoms with Gasteiger partial charge in [-0.3, -0.25) is 9.97 Å². The second kappa shape index (κ2) is 26.5. The summed E-state index contributed by atoms with van der Waals surface area (Å²) in [6.07, 6.45) is 9.44. The van der Waals surface area contributed by atoms with E-state index in [0.717, 1.165) is 117 Å². The Bertz CT molecular complexity index is 2610. The maximum atomic E-state index is 11.3. The highest BCUT2D eigenvalue weighted by Crippen LogP contribution is 2.44. The molecular formula is C57H72Cl2N4O6S2. The summed E-state index contributed by atoms with van der Waals surface area (Å²) in [5, 5.41) is 50.1. The number of benzene rings is 4. The number of pyridine rings is 2. The maximum absolute atomic E-state index is 11.3. The maximum Gasteiger partial charge on any atom is 0.119 e. The highest BCUT2D eigenvalue weighted by molar-refractivity contribution is 7.99. The van der Waals surface area contributed by atoms with E-state index in [4.69, 9.17) is 32.7 Å². The lowest BCUT2D eigenvalue weighted by Gasteiger charge is -2.42. The summed E-state index contributed by atoms with van der Waals surface area (Å²) in [7, 11) is 3.24. The van der Waals surface area contributed by atoms with Gasteiger partial charge in [-0.1, -0.05) is 58.6 Å². The largest absolute Gasteiger partial charge is 0.497 e. The lowest BCUT2D eigenvalue weighted by molar-refractivity contribution is -0.0165. The number of nitrogens with one attached hydrogen (secondary N) is 1. The van der Waals surface area contributed by atoms with Gasteiger partial charge in [0.05, 0.1) is 53.6 Å². The van der Waals surface area contributed by atoms with Gasteiger partial charge in [0.15, 0.2) is 0 Å². The lowest BCUT2D eigenvalue weighted by Crippen LogP contribution is -2.45. The molecule has 0 unspecified atom stereocenters. The van der Waals surface area contributed by atoms with Crippen LogP contribution in [0.4, 0.5) is 0 Å². The normalized spacial score (nSPS) is 17.0. The molecule has 2 fully saturated rings. The molecule has 8 rings (SSSR count). The van der Waals surface area contributed by atoms with Gasteiger partial charge >= 0.3 is 0 Å². The minimum absolute atomic E-state index is 0.148. The number of aliphatic hydroxyl groups excluding tert-OH is 4. The first-order valence-corrected chi connectivity index (χ1v) is 27.8. The molecule has 0 radical (unpaired) electrons. The van der Waals surface area contributed by atoms with Gasteiger partial charge in [-0.2, -0.15) is 0 Å².